The van der Waals surface area contributed by atoms with Crippen LogP contribution in [0.4, 0.5) is 0 Å². The van der Waals surface area contributed by atoms with Crippen molar-refractivity contribution in [1.82, 2.24) is 0 Å². The fourth-order valence-corrected chi connectivity index (χ4v) is 2.30. The van der Waals surface area contributed by atoms with Gasteiger partial charge in [-0.2, -0.15) is 0 Å². The molecule has 1 rings (SSSR count). The van der Waals surface area contributed by atoms with E-state index in [-0.39, 0.29) is 5.54 Å². The van der Waals surface area contributed by atoms with Gasteiger partial charge < -0.3 is 15.2 Å². The van der Waals surface area contributed by atoms with Crippen LogP contribution in [-0.4, -0.2) is 19.8 Å². The molecule has 0 atom stereocenters. The average Bonchev–Trinajstić information content (AvgIpc) is 2.20. The van der Waals surface area contributed by atoms with Crippen LogP contribution in [0, 0.1) is 6.92 Å². The van der Waals surface area contributed by atoms with Gasteiger partial charge in [0, 0.05) is 21.1 Å². The first-order valence-corrected chi connectivity index (χ1v) is 6.28. The summed E-state index contributed by atoms with van der Waals surface area (Å²) in [4.78, 5) is 0. The topological polar surface area (TPSA) is 44.5 Å². The molecule has 0 aromatic heterocycles. The van der Waals surface area contributed by atoms with Gasteiger partial charge in [-0.3, -0.25) is 0 Å². The zero-order valence-corrected chi connectivity index (χ0v) is 12.6. The molecule has 0 amide bonds. The van der Waals surface area contributed by atoms with Crippen LogP contribution in [0.3, 0.4) is 0 Å². The normalized spacial score (nSPS) is 11.5. The van der Waals surface area contributed by atoms with Crippen molar-refractivity contribution in [1.29, 1.82) is 0 Å². The van der Waals surface area contributed by atoms with Crippen molar-refractivity contribution in [2.24, 2.45) is 5.73 Å². The minimum atomic E-state index is -0.285. The van der Waals surface area contributed by atoms with Gasteiger partial charge >= 0.3 is 0 Å². The third-order valence-electron chi connectivity index (χ3n) is 2.55. The monoisotopic (exact) mass is 301 g/mol. The number of hydrogen-bond acceptors (Lipinski definition) is 3. The summed E-state index contributed by atoms with van der Waals surface area (Å²) >= 11 is 3.53. The molecular weight excluding hydrogens is 282 g/mol. The number of ether oxygens (including phenoxy) is 2. The van der Waals surface area contributed by atoms with Crippen molar-refractivity contribution in [2.75, 3.05) is 14.2 Å². The van der Waals surface area contributed by atoms with E-state index in [1.807, 2.05) is 26.8 Å². The molecule has 0 aliphatic carbocycles. The Balaban J connectivity index is 3.34. The lowest BCUT2D eigenvalue weighted by atomic mass is 9.94. The Bertz CT molecular complexity index is 411. The molecule has 1 aromatic carbocycles. The molecule has 0 saturated carbocycles. The van der Waals surface area contributed by atoms with Gasteiger partial charge in [0.15, 0.2) is 11.5 Å². The molecule has 4 heteroatoms. The van der Waals surface area contributed by atoms with Crippen molar-refractivity contribution in [3.8, 4) is 11.5 Å². The Morgan fingerprint density at radius 1 is 1.24 bits per heavy atom. The summed E-state index contributed by atoms with van der Waals surface area (Å²) in [6.07, 6.45) is 0.728. The average molecular weight is 302 g/mol. The number of nitrogens with two attached hydrogens (primary N) is 1. The van der Waals surface area contributed by atoms with E-state index < -0.39 is 0 Å². The molecule has 0 saturated heterocycles. The lowest BCUT2D eigenvalue weighted by Crippen LogP contribution is -2.34. The first-order valence-electron chi connectivity index (χ1n) is 5.49. The van der Waals surface area contributed by atoms with Gasteiger partial charge in [0.25, 0.3) is 0 Å². The molecule has 0 aliphatic rings. The molecule has 0 fully saturated rings. The van der Waals surface area contributed by atoms with Crippen LogP contribution < -0.4 is 15.2 Å². The van der Waals surface area contributed by atoms with Crippen LogP contribution in [0.2, 0.25) is 0 Å². The maximum Gasteiger partial charge on any atom is 0.165 e. The van der Waals surface area contributed by atoms with E-state index in [2.05, 4.69) is 15.9 Å². The van der Waals surface area contributed by atoms with Crippen molar-refractivity contribution < 1.29 is 9.47 Å². The SMILES string of the molecule is COc1c(CC(C)(C)N)cc(Br)c(C)c1OC. The van der Waals surface area contributed by atoms with Crippen molar-refractivity contribution in [3.63, 3.8) is 0 Å². The predicted molar refractivity (Wildman–Crippen MR) is 74.0 cm³/mol. The molecule has 0 bridgehead atoms. The highest BCUT2D eigenvalue weighted by molar-refractivity contribution is 9.10. The van der Waals surface area contributed by atoms with Crippen LogP contribution in [-0.2, 0) is 6.42 Å². The lowest BCUT2D eigenvalue weighted by Gasteiger charge is -2.22. The second kappa shape index (κ2) is 5.27. The summed E-state index contributed by atoms with van der Waals surface area (Å²) in [5.74, 6) is 1.54. The zero-order chi connectivity index (χ0) is 13.2. The van der Waals surface area contributed by atoms with Gasteiger partial charge in [0.05, 0.1) is 14.2 Å². The summed E-state index contributed by atoms with van der Waals surface area (Å²) in [6.45, 7) is 5.97. The number of halogens is 1. The minimum absolute atomic E-state index is 0.285. The Kier molecular flexibility index (Phi) is 4.44. The van der Waals surface area contributed by atoms with E-state index >= 15 is 0 Å². The van der Waals surface area contributed by atoms with Gasteiger partial charge in [0.2, 0.25) is 0 Å². The van der Waals surface area contributed by atoms with Crippen LogP contribution in [0.15, 0.2) is 10.5 Å². The zero-order valence-electron chi connectivity index (χ0n) is 11.1. The second-order valence-electron chi connectivity index (χ2n) is 4.87. The van der Waals surface area contributed by atoms with Gasteiger partial charge in [-0.1, -0.05) is 15.9 Å². The van der Waals surface area contributed by atoms with Crippen LogP contribution in [0.25, 0.3) is 0 Å². The number of methoxy groups -OCH3 is 2. The molecule has 0 heterocycles. The summed E-state index contributed by atoms with van der Waals surface area (Å²) in [5.41, 5.74) is 7.86. The van der Waals surface area contributed by atoms with Crippen molar-refractivity contribution in [2.45, 2.75) is 32.7 Å². The molecule has 0 aliphatic heterocycles. The summed E-state index contributed by atoms with van der Waals surface area (Å²) in [7, 11) is 3.30. The quantitative estimate of drug-likeness (QED) is 0.929. The molecule has 0 unspecified atom stereocenters. The molecule has 3 nitrogen and oxygen atoms in total. The van der Waals surface area contributed by atoms with E-state index in [0.29, 0.717) is 0 Å². The molecule has 1 aromatic rings. The molecule has 17 heavy (non-hydrogen) atoms. The van der Waals surface area contributed by atoms with Crippen LogP contribution in [0.5, 0.6) is 11.5 Å². The molecule has 2 N–H and O–H groups in total. The molecule has 0 spiro atoms. The molecular formula is C13H20BrNO2. The molecule has 0 radical (unpaired) electrons. The maximum absolute atomic E-state index is 6.06. The third kappa shape index (κ3) is 3.36. The maximum atomic E-state index is 6.06. The first-order chi connectivity index (χ1) is 7.80. The number of hydrogen-bond donors (Lipinski definition) is 1. The van der Waals surface area contributed by atoms with E-state index in [0.717, 1.165) is 33.5 Å². The van der Waals surface area contributed by atoms with Crippen molar-refractivity contribution >= 4 is 15.9 Å². The fourth-order valence-electron chi connectivity index (χ4n) is 1.84. The smallest absolute Gasteiger partial charge is 0.165 e. The van der Waals surface area contributed by atoms with E-state index in [1.165, 1.54) is 0 Å². The van der Waals surface area contributed by atoms with Gasteiger partial charge in [-0.05, 0) is 33.3 Å². The van der Waals surface area contributed by atoms with Gasteiger partial charge in [-0.25, -0.2) is 0 Å². The van der Waals surface area contributed by atoms with Crippen LogP contribution >= 0.6 is 15.9 Å². The van der Waals surface area contributed by atoms with Crippen molar-refractivity contribution in [3.05, 3.63) is 21.7 Å². The Morgan fingerprint density at radius 3 is 2.18 bits per heavy atom. The minimum Gasteiger partial charge on any atom is -0.493 e. The van der Waals surface area contributed by atoms with Gasteiger partial charge in [0.1, 0.15) is 0 Å². The van der Waals surface area contributed by atoms with Crippen LogP contribution in [0.1, 0.15) is 25.0 Å². The number of rotatable bonds is 4. The highest BCUT2D eigenvalue weighted by atomic mass is 79.9. The third-order valence-corrected chi connectivity index (χ3v) is 3.38. The van der Waals surface area contributed by atoms with E-state index in [1.54, 1.807) is 14.2 Å². The highest BCUT2D eigenvalue weighted by Gasteiger charge is 2.20. The Hall–Kier alpha value is -0.740. The second-order valence-corrected chi connectivity index (χ2v) is 5.73. The Morgan fingerprint density at radius 2 is 1.76 bits per heavy atom. The first kappa shape index (κ1) is 14.3. The summed E-state index contributed by atoms with van der Waals surface area (Å²) in [5, 5.41) is 0. The largest absolute Gasteiger partial charge is 0.493 e. The standard InChI is InChI=1S/C13H20BrNO2/c1-8-10(14)6-9(7-13(2,3)15)12(17-5)11(8)16-4/h6H,7,15H2,1-5H3. The summed E-state index contributed by atoms with van der Waals surface area (Å²) < 4.78 is 11.9. The van der Waals surface area contributed by atoms with Gasteiger partial charge in [-0.15, -0.1) is 0 Å². The summed E-state index contributed by atoms with van der Waals surface area (Å²) in [6, 6.07) is 2.05. The lowest BCUT2D eigenvalue weighted by molar-refractivity contribution is 0.346. The van der Waals surface area contributed by atoms with E-state index in [9.17, 15) is 0 Å². The number of benzene rings is 1. The predicted octanol–water partition coefficient (Wildman–Crippen LogP) is 3.05. The molecule has 96 valence electrons. The Labute approximate surface area is 111 Å². The highest BCUT2D eigenvalue weighted by Crippen LogP contribution is 2.39. The fraction of sp³-hybridized carbons (Fsp3) is 0.538. The van der Waals surface area contributed by atoms with E-state index in [4.69, 9.17) is 15.2 Å².